The molecule has 1 aromatic carbocycles. The van der Waals surface area contributed by atoms with Crippen molar-refractivity contribution in [1.82, 2.24) is 14.2 Å². The molecular formula is C18H25N3O3S. The highest BCUT2D eigenvalue weighted by Gasteiger charge is 2.25. The summed E-state index contributed by atoms with van der Waals surface area (Å²) in [5.74, 6) is -0.278. The van der Waals surface area contributed by atoms with Crippen molar-refractivity contribution in [2.75, 3.05) is 19.6 Å². The Morgan fingerprint density at radius 2 is 1.80 bits per heavy atom. The topological polar surface area (TPSA) is 71.4 Å². The van der Waals surface area contributed by atoms with Gasteiger partial charge in [0.15, 0.2) is 0 Å². The molecule has 0 bridgehead atoms. The SMILES string of the molecule is CCN(CC)S(=O)(=O)c1cc(C(=O)NCCc2ccccc2)n(C)c1. The van der Waals surface area contributed by atoms with Gasteiger partial charge in [-0.15, -0.1) is 0 Å². The van der Waals surface area contributed by atoms with E-state index in [1.54, 1.807) is 25.5 Å². The summed E-state index contributed by atoms with van der Waals surface area (Å²) >= 11 is 0. The van der Waals surface area contributed by atoms with E-state index in [1.807, 2.05) is 30.3 Å². The molecule has 0 saturated heterocycles. The van der Waals surface area contributed by atoms with Crippen molar-refractivity contribution in [3.63, 3.8) is 0 Å². The first-order valence-corrected chi connectivity index (χ1v) is 9.82. The number of nitrogens with one attached hydrogen (secondary N) is 1. The molecule has 6 nitrogen and oxygen atoms in total. The standard InChI is InChI=1S/C18H25N3O3S/c1-4-21(5-2)25(23,24)16-13-17(20(3)14-16)18(22)19-12-11-15-9-7-6-8-10-15/h6-10,13-14H,4-5,11-12H2,1-3H3,(H,19,22). The van der Waals surface area contributed by atoms with Crippen LogP contribution in [0.15, 0.2) is 47.5 Å². The van der Waals surface area contributed by atoms with Crippen LogP contribution in [0.25, 0.3) is 0 Å². The zero-order chi connectivity index (χ0) is 18.4. The number of nitrogens with zero attached hydrogens (tertiary/aromatic N) is 2. The first-order chi connectivity index (χ1) is 11.9. The van der Waals surface area contributed by atoms with E-state index >= 15 is 0 Å². The molecule has 2 rings (SSSR count). The number of benzene rings is 1. The average Bonchev–Trinajstić information content (AvgIpc) is 2.99. The quantitative estimate of drug-likeness (QED) is 0.780. The molecule has 0 aliphatic rings. The van der Waals surface area contributed by atoms with Gasteiger partial charge in [0.05, 0.1) is 0 Å². The number of carbonyl (C=O) groups is 1. The maximum Gasteiger partial charge on any atom is 0.267 e. The van der Waals surface area contributed by atoms with Gasteiger partial charge in [-0.3, -0.25) is 4.79 Å². The smallest absolute Gasteiger partial charge is 0.267 e. The Kier molecular flexibility index (Phi) is 6.39. The van der Waals surface area contributed by atoms with Crippen LogP contribution in [0.1, 0.15) is 29.9 Å². The summed E-state index contributed by atoms with van der Waals surface area (Å²) in [5, 5.41) is 2.84. The lowest BCUT2D eigenvalue weighted by atomic mass is 10.1. The molecule has 0 saturated carbocycles. The van der Waals surface area contributed by atoms with Crippen LogP contribution in [0.2, 0.25) is 0 Å². The van der Waals surface area contributed by atoms with Gasteiger partial charge in [-0.05, 0) is 18.1 Å². The third-order valence-corrected chi connectivity index (χ3v) is 6.11. The number of amides is 1. The van der Waals surface area contributed by atoms with E-state index in [1.165, 1.54) is 16.6 Å². The summed E-state index contributed by atoms with van der Waals surface area (Å²) in [6, 6.07) is 11.3. The number of hydrogen-bond acceptors (Lipinski definition) is 3. The van der Waals surface area contributed by atoms with Crippen LogP contribution in [-0.4, -0.2) is 42.8 Å². The fraction of sp³-hybridized carbons (Fsp3) is 0.389. The minimum Gasteiger partial charge on any atom is -0.350 e. The lowest BCUT2D eigenvalue weighted by Gasteiger charge is -2.17. The van der Waals surface area contributed by atoms with E-state index in [0.29, 0.717) is 25.3 Å². The zero-order valence-electron chi connectivity index (χ0n) is 14.9. The van der Waals surface area contributed by atoms with Gasteiger partial charge in [0.2, 0.25) is 10.0 Å². The molecule has 1 aromatic heterocycles. The van der Waals surface area contributed by atoms with E-state index in [2.05, 4.69) is 5.32 Å². The number of rotatable bonds is 8. The third kappa shape index (κ3) is 4.49. The highest BCUT2D eigenvalue weighted by atomic mass is 32.2. The van der Waals surface area contributed by atoms with E-state index in [9.17, 15) is 13.2 Å². The predicted molar refractivity (Wildman–Crippen MR) is 98.0 cm³/mol. The first-order valence-electron chi connectivity index (χ1n) is 8.38. The van der Waals surface area contributed by atoms with Gasteiger partial charge < -0.3 is 9.88 Å². The molecule has 0 fully saturated rings. The Labute approximate surface area is 149 Å². The summed E-state index contributed by atoms with van der Waals surface area (Å²) in [7, 11) is -1.89. The largest absolute Gasteiger partial charge is 0.350 e. The monoisotopic (exact) mass is 363 g/mol. The van der Waals surface area contributed by atoms with Crippen molar-refractivity contribution in [2.45, 2.75) is 25.2 Å². The van der Waals surface area contributed by atoms with Crippen molar-refractivity contribution >= 4 is 15.9 Å². The Bertz CT molecular complexity index is 809. The van der Waals surface area contributed by atoms with Crippen LogP contribution in [0, 0.1) is 0 Å². The van der Waals surface area contributed by atoms with Crippen molar-refractivity contribution in [3.05, 3.63) is 53.9 Å². The molecule has 0 aliphatic carbocycles. The van der Waals surface area contributed by atoms with Crippen LogP contribution in [0.5, 0.6) is 0 Å². The number of sulfonamides is 1. The van der Waals surface area contributed by atoms with Gasteiger partial charge in [0.25, 0.3) is 5.91 Å². The second kappa shape index (κ2) is 8.31. The fourth-order valence-corrected chi connectivity index (χ4v) is 4.20. The van der Waals surface area contributed by atoms with Crippen LogP contribution < -0.4 is 5.32 Å². The van der Waals surface area contributed by atoms with Crippen molar-refractivity contribution in [1.29, 1.82) is 0 Å². The molecular weight excluding hydrogens is 338 g/mol. The predicted octanol–water partition coefficient (Wildman–Crippen LogP) is 2.03. The van der Waals surface area contributed by atoms with Gasteiger partial charge in [0.1, 0.15) is 10.6 Å². The molecule has 0 atom stereocenters. The summed E-state index contributed by atoms with van der Waals surface area (Å²) in [6.45, 7) is 4.87. The number of carbonyl (C=O) groups excluding carboxylic acids is 1. The molecule has 0 unspecified atom stereocenters. The molecule has 7 heteroatoms. The molecule has 2 aromatic rings. The second-order valence-corrected chi connectivity index (χ2v) is 7.69. The summed E-state index contributed by atoms with van der Waals surface area (Å²) < 4.78 is 28.0. The molecule has 0 spiro atoms. The fourth-order valence-electron chi connectivity index (χ4n) is 2.67. The summed E-state index contributed by atoms with van der Waals surface area (Å²) in [5.41, 5.74) is 1.47. The summed E-state index contributed by atoms with van der Waals surface area (Å²) in [6.07, 6.45) is 2.21. The normalized spacial score (nSPS) is 11.7. The highest BCUT2D eigenvalue weighted by molar-refractivity contribution is 7.89. The van der Waals surface area contributed by atoms with Crippen LogP contribution in [-0.2, 0) is 23.5 Å². The maximum absolute atomic E-state index is 12.6. The minimum absolute atomic E-state index is 0.145. The Balaban J connectivity index is 2.07. The van der Waals surface area contributed by atoms with Gasteiger partial charge in [-0.1, -0.05) is 44.2 Å². The van der Waals surface area contributed by atoms with E-state index < -0.39 is 10.0 Å². The minimum atomic E-state index is -3.57. The first kappa shape index (κ1) is 19.2. The number of aryl methyl sites for hydroxylation is 1. The Hall–Kier alpha value is -2.12. The maximum atomic E-state index is 12.6. The van der Waals surface area contributed by atoms with Crippen LogP contribution in [0.4, 0.5) is 0 Å². The molecule has 1 amide bonds. The summed E-state index contributed by atoms with van der Waals surface area (Å²) in [4.78, 5) is 12.5. The molecule has 0 radical (unpaired) electrons. The van der Waals surface area contributed by atoms with Crippen molar-refractivity contribution in [2.24, 2.45) is 7.05 Å². The molecule has 25 heavy (non-hydrogen) atoms. The highest BCUT2D eigenvalue weighted by Crippen LogP contribution is 2.18. The van der Waals surface area contributed by atoms with E-state index in [-0.39, 0.29) is 10.8 Å². The van der Waals surface area contributed by atoms with Gasteiger partial charge in [-0.2, -0.15) is 4.31 Å². The Morgan fingerprint density at radius 3 is 2.40 bits per heavy atom. The third-order valence-electron chi connectivity index (χ3n) is 4.10. The van der Waals surface area contributed by atoms with E-state index in [0.717, 1.165) is 12.0 Å². The number of hydrogen-bond donors (Lipinski definition) is 1. The average molecular weight is 363 g/mol. The zero-order valence-corrected chi connectivity index (χ0v) is 15.7. The van der Waals surface area contributed by atoms with Gasteiger partial charge in [-0.25, -0.2) is 8.42 Å². The lowest BCUT2D eigenvalue weighted by Crippen LogP contribution is -2.30. The molecule has 136 valence electrons. The second-order valence-electron chi connectivity index (χ2n) is 5.75. The molecule has 1 N–H and O–H groups in total. The van der Waals surface area contributed by atoms with Crippen LogP contribution in [0.3, 0.4) is 0 Å². The Morgan fingerprint density at radius 1 is 1.16 bits per heavy atom. The van der Waals surface area contributed by atoms with Gasteiger partial charge in [0, 0.05) is 32.9 Å². The van der Waals surface area contributed by atoms with Crippen LogP contribution >= 0.6 is 0 Å². The number of aromatic nitrogens is 1. The van der Waals surface area contributed by atoms with Gasteiger partial charge >= 0.3 is 0 Å². The lowest BCUT2D eigenvalue weighted by molar-refractivity contribution is 0.0946. The van der Waals surface area contributed by atoms with E-state index in [4.69, 9.17) is 0 Å². The van der Waals surface area contributed by atoms with Crippen molar-refractivity contribution in [3.8, 4) is 0 Å². The van der Waals surface area contributed by atoms with Crippen molar-refractivity contribution < 1.29 is 13.2 Å². The molecule has 0 aliphatic heterocycles. The molecule has 1 heterocycles.